The number of rotatable bonds is 5. The van der Waals surface area contributed by atoms with Crippen LogP contribution in [0.25, 0.3) is 0 Å². The number of carboxylic acids is 1. The van der Waals surface area contributed by atoms with Gasteiger partial charge in [0.15, 0.2) is 0 Å². The quantitative estimate of drug-likeness (QED) is 0.663. The summed E-state index contributed by atoms with van der Waals surface area (Å²) in [4.78, 5) is 49.1. The maximum Gasteiger partial charge on any atom is 0.322 e. The SMILES string of the molecule is O=C(O)CNC(=O)[C@@H]1CCCN1C(=O)CN1CCCC1=O. The lowest BCUT2D eigenvalue weighted by Crippen LogP contribution is -2.49. The lowest BCUT2D eigenvalue weighted by atomic mass is 10.2. The number of amides is 3. The normalized spacial score (nSPS) is 21.7. The molecule has 116 valence electrons. The van der Waals surface area contributed by atoms with Crippen LogP contribution in [0.2, 0.25) is 0 Å². The van der Waals surface area contributed by atoms with Gasteiger partial charge in [0.2, 0.25) is 17.7 Å². The van der Waals surface area contributed by atoms with E-state index in [9.17, 15) is 19.2 Å². The Hall–Kier alpha value is -2.12. The van der Waals surface area contributed by atoms with Crippen LogP contribution >= 0.6 is 0 Å². The number of carboxylic acid groups (broad SMARTS) is 1. The molecular weight excluding hydrogens is 278 g/mol. The molecule has 0 saturated carbocycles. The third-order valence-electron chi connectivity index (χ3n) is 3.79. The van der Waals surface area contributed by atoms with Gasteiger partial charge in [0.25, 0.3) is 0 Å². The van der Waals surface area contributed by atoms with Crippen molar-refractivity contribution >= 4 is 23.7 Å². The van der Waals surface area contributed by atoms with Crippen molar-refractivity contribution in [3.8, 4) is 0 Å². The first kappa shape index (κ1) is 15.3. The number of likely N-dealkylation sites (tertiary alicyclic amines) is 2. The van der Waals surface area contributed by atoms with Gasteiger partial charge >= 0.3 is 5.97 Å². The zero-order chi connectivity index (χ0) is 15.4. The molecule has 2 heterocycles. The van der Waals surface area contributed by atoms with Gasteiger partial charge in [0, 0.05) is 19.5 Å². The molecule has 0 aromatic rings. The number of hydrogen-bond acceptors (Lipinski definition) is 4. The molecule has 0 unspecified atom stereocenters. The largest absolute Gasteiger partial charge is 0.480 e. The molecule has 8 nitrogen and oxygen atoms in total. The van der Waals surface area contributed by atoms with Crippen molar-refractivity contribution < 1.29 is 24.3 Å². The summed E-state index contributed by atoms with van der Waals surface area (Å²) in [7, 11) is 0. The summed E-state index contributed by atoms with van der Waals surface area (Å²) < 4.78 is 0. The molecule has 2 saturated heterocycles. The summed E-state index contributed by atoms with van der Waals surface area (Å²) in [5, 5.41) is 10.9. The van der Waals surface area contributed by atoms with E-state index in [2.05, 4.69) is 5.32 Å². The maximum absolute atomic E-state index is 12.2. The Balaban J connectivity index is 1.91. The van der Waals surface area contributed by atoms with Crippen LogP contribution in [0.1, 0.15) is 25.7 Å². The number of aliphatic carboxylic acids is 1. The van der Waals surface area contributed by atoms with Crippen molar-refractivity contribution in [2.24, 2.45) is 0 Å². The van der Waals surface area contributed by atoms with E-state index in [4.69, 9.17) is 5.11 Å². The highest BCUT2D eigenvalue weighted by molar-refractivity contribution is 5.92. The second-order valence-corrected chi connectivity index (χ2v) is 5.28. The number of hydrogen-bond donors (Lipinski definition) is 2. The first-order valence-corrected chi connectivity index (χ1v) is 7.06. The Labute approximate surface area is 122 Å². The van der Waals surface area contributed by atoms with Crippen LogP contribution in [0.3, 0.4) is 0 Å². The average molecular weight is 297 g/mol. The molecule has 0 aliphatic carbocycles. The molecule has 0 aromatic carbocycles. The van der Waals surface area contributed by atoms with Crippen molar-refractivity contribution in [3.63, 3.8) is 0 Å². The Kier molecular flexibility index (Phi) is 4.77. The van der Waals surface area contributed by atoms with Gasteiger partial charge in [-0.15, -0.1) is 0 Å². The van der Waals surface area contributed by atoms with Crippen molar-refractivity contribution in [1.82, 2.24) is 15.1 Å². The van der Waals surface area contributed by atoms with Gasteiger partial charge in [0.1, 0.15) is 12.6 Å². The molecule has 0 radical (unpaired) electrons. The highest BCUT2D eigenvalue weighted by Crippen LogP contribution is 2.19. The van der Waals surface area contributed by atoms with Gasteiger partial charge in [-0.1, -0.05) is 0 Å². The number of carbonyl (C=O) groups excluding carboxylic acids is 3. The Bertz CT molecular complexity index is 465. The summed E-state index contributed by atoms with van der Waals surface area (Å²) >= 11 is 0. The Morgan fingerprint density at radius 2 is 2.00 bits per heavy atom. The van der Waals surface area contributed by atoms with E-state index in [1.54, 1.807) is 0 Å². The minimum Gasteiger partial charge on any atom is -0.480 e. The summed E-state index contributed by atoms with van der Waals surface area (Å²) in [6.07, 6.45) is 2.44. The first-order chi connectivity index (χ1) is 9.99. The Morgan fingerprint density at radius 1 is 1.24 bits per heavy atom. The molecule has 1 atom stereocenters. The lowest BCUT2D eigenvalue weighted by molar-refractivity contribution is -0.143. The van der Waals surface area contributed by atoms with Gasteiger partial charge < -0.3 is 20.2 Å². The summed E-state index contributed by atoms with van der Waals surface area (Å²) in [6, 6.07) is -0.630. The van der Waals surface area contributed by atoms with E-state index in [-0.39, 0.29) is 18.4 Å². The molecule has 8 heteroatoms. The van der Waals surface area contributed by atoms with Crippen molar-refractivity contribution in [2.45, 2.75) is 31.7 Å². The van der Waals surface area contributed by atoms with Crippen molar-refractivity contribution in [3.05, 3.63) is 0 Å². The number of carbonyl (C=O) groups is 4. The van der Waals surface area contributed by atoms with Gasteiger partial charge in [-0.2, -0.15) is 0 Å². The van der Waals surface area contributed by atoms with E-state index < -0.39 is 24.5 Å². The van der Waals surface area contributed by atoms with Gasteiger partial charge in [-0.25, -0.2) is 0 Å². The number of nitrogens with zero attached hydrogens (tertiary/aromatic N) is 2. The lowest BCUT2D eigenvalue weighted by Gasteiger charge is -2.26. The second kappa shape index (κ2) is 6.55. The number of nitrogens with one attached hydrogen (secondary N) is 1. The maximum atomic E-state index is 12.2. The second-order valence-electron chi connectivity index (χ2n) is 5.28. The molecule has 0 aromatic heterocycles. The summed E-state index contributed by atoms with van der Waals surface area (Å²) in [6.45, 7) is 0.587. The third kappa shape index (κ3) is 3.71. The van der Waals surface area contributed by atoms with Crippen LogP contribution in [0, 0.1) is 0 Å². The zero-order valence-corrected chi connectivity index (χ0v) is 11.7. The van der Waals surface area contributed by atoms with E-state index in [1.807, 2.05) is 0 Å². The van der Waals surface area contributed by atoms with Crippen LogP contribution in [0.15, 0.2) is 0 Å². The fourth-order valence-electron chi connectivity index (χ4n) is 2.74. The zero-order valence-electron chi connectivity index (χ0n) is 11.7. The molecule has 0 spiro atoms. The van der Waals surface area contributed by atoms with E-state index >= 15 is 0 Å². The highest BCUT2D eigenvalue weighted by atomic mass is 16.4. The topological polar surface area (TPSA) is 107 Å². The van der Waals surface area contributed by atoms with Gasteiger partial charge in [-0.3, -0.25) is 19.2 Å². The van der Waals surface area contributed by atoms with Crippen molar-refractivity contribution in [1.29, 1.82) is 0 Å². The summed E-state index contributed by atoms with van der Waals surface area (Å²) in [5.74, 6) is -1.86. The van der Waals surface area contributed by atoms with Gasteiger partial charge in [0.05, 0.1) is 6.54 Å². The first-order valence-electron chi connectivity index (χ1n) is 7.06. The van der Waals surface area contributed by atoms with E-state index in [0.717, 1.165) is 6.42 Å². The van der Waals surface area contributed by atoms with Crippen LogP contribution in [-0.4, -0.2) is 70.8 Å². The van der Waals surface area contributed by atoms with Crippen molar-refractivity contribution in [2.75, 3.05) is 26.2 Å². The molecule has 2 aliphatic heterocycles. The predicted octanol–water partition coefficient (Wildman–Crippen LogP) is -1.20. The third-order valence-corrected chi connectivity index (χ3v) is 3.79. The average Bonchev–Trinajstić information content (AvgIpc) is 3.05. The Morgan fingerprint density at radius 3 is 2.62 bits per heavy atom. The molecule has 2 N–H and O–H groups in total. The minimum atomic E-state index is -1.12. The predicted molar refractivity (Wildman–Crippen MR) is 71.2 cm³/mol. The van der Waals surface area contributed by atoms with Crippen LogP contribution in [0.4, 0.5) is 0 Å². The molecular formula is C13H19N3O5. The van der Waals surface area contributed by atoms with Gasteiger partial charge in [-0.05, 0) is 19.3 Å². The monoisotopic (exact) mass is 297 g/mol. The summed E-state index contributed by atoms with van der Waals surface area (Å²) in [5.41, 5.74) is 0. The highest BCUT2D eigenvalue weighted by Gasteiger charge is 2.35. The molecule has 2 rings (SSSR count). The molecule has 2 aliphatic rings. The smallest absolute Gasteiger partial charge is 0.322 e. The molecule has 0 bridgehead atoms. The van der Waals surface area contributed by atoms with Crippen LogP contribution < -0.4 is 5.32 Å². The molecule has 3 amide bonds. The molecule has 2 fully saturated rings. The van der Waals surface area contributed by atoms with Crippen LogP contribution in [0.5, 0.6) is 0 Å². The minimum absolute atomic E-state index is 0.00153. The fourth-order valence-corrected chi connectivity index (χ4v) is 2.74. The van der Waals surface area contributed by atoms with Crippen LogP contribution in [-0.2, 0) is 19.2 Å². The van der Waals surface area contributed by atoms with E-state index in [0.29, 0.717) is 32.4 Å². The standard InChI is InChI=1S/C13H19N3O5/c17-10-4-2-5-15(10)8-11(18)16-6-1-3-9(16)13(21)14-7-12(19)20/h9H,1-8H2,(H,14,21)(H,19,20)/t9-/m0/s1. The molecule has 21 heavy (non-hydrogen) atoms. The fraction of sp³-hybridized carbons (Fsp3) is 0.692. The van der Waals surface area contributed by atoms with E-state index in [1.165, 1.54) is 9.80 Å².